The maximum atomic E-state index is 10.9. The van der Waals surface area contributed by atoms with Gasteiger partial charge in [-0.1, -0.05) is 12.1 Å². The van der Waals surface area contributed by atoms with Crippen LogP contribution in [0.25, 0.3) is 0 Å². The van der Waals surface area contributed by atoms with Gasteiger partial charge < -0.3 is 10.0 Å². The summed E-state index contributed by atoms with van der Waals surface area (Å²) in [6.45, 7) is 4.08. The van der Waals surface area contributed by atoms with E-state index < -0.39 is 5.97 Å². The number of anilines is 1. The van der Waals surface area contributed by atoms with E-state index in [4.69, 9.17) is 5.11 Å². The van der Waals surface area contributed by atoms with Crippen LogP contribution in [0.5, 0.6) is 0 Å². The predicted octanol–water partition coefficient (Wildman–Crippen LogP) is 2.37. The summed E-state index contributed by atoms with van der Waals surface area (Å²) in [5, 5.41) is 8.95. The number of carboxylic acid groups (broad SMARTS) is 1. The lowest BCUT2D eigenvalue weighted by Crippen LogP contribution is -2.35. The molecule has 0 aromatic heterocycles. The van der Waals surface area contributed by atoms with Crippen molar-refractivity contribution in [2.75, 3.05) is 31.6 Å². The van der Waals surface area contributed by atoms with Crippen LogP contribution < -0.4 is 4.90 Å². The number of fused-ring (bicyclic) bond motifs is 1. The summed E-state index contributed by atoms with van der Waals surface area (Å²) in [6.07, 6.45) is 3.62. The smallest absolute Gasteiger partial charge is 0.303 e. The lowest BCUT2D eigenvalue weighted by molar-refractivity contribution is -0.138. The molecule has 0 aliphatic carbocycles. The van der Waals surface area contributed by atoms with Crippen molar-refractivity contribution < 1.29 is 9.90 Å². The molecule has 0 radical (unpaired) electrons. The van der Waals surface area contributed by atoms with Gasteiger partial charge >= 0.3 is 5.97 Å². The Morgan fingerprint density at radius 1 is 1.38 bits per heavy atom. The molecule has 1 aromatic carbocycles. The Kier molecular flexibility index (Phi) is 4.15. The molecule has 2 aliphatic rings. The van der Waals surface area contributed by atoms with Gasteiger partial charge in [-0.05, 0) is 48.9 Å². The summed E-state index contributed by atoms with van der Waals surface area (Å²) in [5.41, 5.74) is 4.18. The van der Waals surface area contributed by atoms with Crippen LogP contribution in [-0.4, -0.2) is 42.7 Å². The highest BCUT2D eigenvalue weighted by molar-refractivity contribution is 5.67. The molecule has 0 bridgehead atoms. The zero-order valence-corrected chi connectivity index (χ0v) is 12.7. The van der Waals surface area contributed by atoms with Crippen molar-refractivity contribution in [3.8, 4) is 0 Å². The van der Waals surface area contributed by atoms with Gasteiger partial charge in [0, 0.05) is 38.8 Å². The van der Waals surface area contributed by atoms with E-state index in [1.165, 1.54) is 16.8 Å². The number of carbonyl (C=O) groups is 1. The second kappa shape index (κ2) is 6.06. The fraction of sp³-hybridized carbons (Fsp3) is 0.588. The molecule has 1 aromatic rings. The topological polar surface area (TPSA) is 43.8 Å². The monoisotopic (exact) mass is 288 g/mol. The van der Waals surface area contributed by atoms with Crippen molar-refractivity contribution in [2.45, 2.75) is 32.2 Å². The van der Waals surface area contributed by atoms with E-state index in [9.17, 15) is 4.79 Å². The van der Waals surface area contributed by atoms with E-state index in [2.05, 4.69) is 35.0 Å². The Hall–Kier alpha value is -1.55. The lowest BCUT2D eigenvalue weighted by Gasteiger charge is -2.32. The van der Waals surface area contributed by atoms with E-state index in [1.807, 2.05) is 0 Å². The third kappa shape index (κ3) is 3.38. The number of carboxylic acids is 1. The van der Waals surface area contributed by atoms with Crippen molar-refractivity contribution in [3.05, 3.63) is 29.3 Å². The molecule has 0 spiro atoms. The van der Waals surface area contributed by atoms with Gasteiger partial charge in [-0.3, -0.25) is 9.69 Å². The first-order chi connectivity index (χ1) is 10.1. The standard InChI is InChI=1S/C17H24N2O2/c1-18-8-6-15-9-14(4-5-16(15)18)12-19-7-2-3-13(11-19)10-17(20)21/h4-5,9,13H,2-3,6-8,10-12H2,1H3,(H,20,21). The fourth-order valence-corrected chi connectivity index (χ4v) is 3.69. The quantitative estimate of drug-likeness (QED) is 0.924. The molecule has 4 heteroatoms. The van der Waals surface area contributed by atoms with Crippen LogP contribution in [0, 0.1) is 5.92 Å². The molecule has 3 rings (SSSR count). The Morgan fingerprint density at radius 2 is 2.24 bits per heavy atom. The van der Waals surface area contributed by atoms with Gasteiger partial charge in [-0.2, -0.15) is 0 Å². The van der Waals surface area contributed by atoms with Crippen molar-refractivity contribution >= 4 is 11.7 Å². The number of aliphatic carboxylic acids is 1. The molecule has 4 nitrogen and oxygen atoms in total. The summed E-state index contributed by atoms with van der Waals surface area (Å²) in [4.78, 5) is 15.6. The van der Waals surface area contributed by atoms with E-state index in [-0.39, 0.29) is 0 Å². The van der Waals surface area contributed by atoms with Gasteiger partial charge in [0.1, 0.15) is 0 Å². The van der Waals surface area contributed by atoms with Crippen LogP contribution in [-0.2, 0) is 17.8 Å². The molecule has 1 fully saturated rings. The lowest BCUT2D eigenvalue weighted by atomic mass is 9.94. The van der Waals surface area contributed by atoms with Crippen molar-refractivity contribution in [1.29, 1.82) is 0 Å². The van der Waals surface area contributed by atoms with Crippen LogP contribution in [0.2, 0.25) is 0 Å². The third-order valence-electron chi connectivity index (χ3n) is 4.74. The van der Waals surface area contributed by atoms with Gasteiger partial charge in [0.15, 0.2) is 0 Å². The molecule has 0 saturated carbocycles. The molecule has 2 heterocycles. The molecular formula is C17H24N2O2. The first-order valence-corrected chi connectivity index (χ1v) is 7.89. The van der Waals surface area contributed by atoms with E-state index in [0.717, 1.165) is 45.4 Å². The fourth-order valence-electron chi connectivity index (χ4n) is 3.69. The number of likely N-dealkylation sites (tertiary alicyclic amines) is 1. The number of nitrogens with zero attached hydrogens (tertiary/aromatic N) is 2. The Balaban J connectivity index is 1.62. The highest BCUT2D eigenvalue weighted by Crippen LogP contribution is 2.28. The number of likely N-dealkylation sites (N-methyl/N-ethyl adjacent to an activating group) is 1. The minimum Gasteiger partial charge on any atom is -0.481 e. The molecule has 2 aliphatic heterocycles. The van der Waals surface area contributed by atoms with Crippen LogP contribution >= 0.6 is 0 Å². The largest absolute Gasteiger partial charge is 0.481 e. The van der Waals surface area contributed by atoms with Gasteiger partial charge in [0.05, 0.1) is 0 Å². The first-order valence-electron chi connectivity index (χ1n) is 7.89. The summed E-state index contributed by atoms with van der Waals surface area (Å²) < 4.78 is 0. The number of piperidine rings is 1. The molecule has 1 saturated heterocycles. The van der Waals surface area contributed by atoms with Crippen LogP contribution in [0.15, 0.2) is 18.2 Å². The average Bonchev–Trinajstić information content (AvgIpc) is 2.80. The predicted molar refractivity (Wildman–Crippen MR) is 83.7 cm³/mol. The van der Waals surface area contributed by atoms with Crippen molar-refractivity contribution in [3.63, 3.8) is 0 Å². The number of benzene rings is 1. The highest BCUT2D eigenvalue weighted by Gasteiger charge is 2.22. The second-order valence-corrected chi connectivity index (χ2v) is 6.48. The molecular weight excluding hydrogens is 264 g/mol. The molecule has 21 heavy (non-hydrogen) atoms. The molecule has 0 amide bonds. The Bertz CT molecular complexity index is 530. The average molecular weight is 288 g/mol. The minimum absolute atomic E-state index is 0.311. The van der Waals surface area contributed by atoms with Crippen molar-refractivity contribution in [1.82, 2.24) is 4.90 Å². The normalized spacial score (nSPS) is 22.3. The number of rotatable bonds is 4. The summed E-state index contributed by atoms with van der Waals surface area (Å²) in [6, 6.07) is 6.79. The SMILES string of the molecule is CN1CCc2cc(CN3CCCC(CC(=O)O)C3)ccc21. The zero-order chi connectivity index (χ0) is 14.8. The molecule has 1 unspecified atom stereocenters. The first kappa shape index (κ1) is 14.4. The highest BCUT2D eigenvalue weighted by atomic mass is 16.4. The van der Waals surface area contributed by atoms with Crippen LogP contribution in [0.1, 0.15) is 30.4 Å². The Labute approximate surface area is 126 Å². The minimum atomic E-state index is -0.664. The van der Waals surface area contributed by atoms with Gasteiger partial charge in [-0.15, -0.1) is 0 Å². The van der Waals surface area contributed by atoms with Gasteiger partial charge in [0.2, 0.25) is 0 Å². The summed E-state index contributed by atoms with van der Waals surface area (Å²) in [5.74, 6) is -0.348. The molecule has 114 valence electrons. The zero-order valence-electron chi connectivity index (χ0n) is 12.7. The second-order valence-electron chi connectivity index (χ2n) is 6.48. The molecule has 1 N–H and O–H groups in total. The van der Waals surface area contributed by atoms with E-state index >= 15 is 0 Å². The van der Waals surface area contributed by atoms with Gasteiger partial charge in [-0.25, -0.2) is 0 Å². The van der Waals surface area contributed by atoms with Crippen molar-refractivity contribution in [2.24, 2.45) is 5.92 Å². The Morgan fingerprint density at radius 3 is 3.05 bits per heavy atom. The third-order valence-corrected chi connectivity index (χ3v) is 4.74. The summed E-state index contributed by atoms with van der Waals surface area (Å²) >= 11 is 0. The number of hydrogen-bond donors (Lipinski definition) is 1. The maximum absolute atomic E-state index is 10.9. The summed E-state index contributed by atoms with van der Waals surface area (Å²) in [7, 11) is 2.15. The van der Waals surface area contributed by atoms with Crippen LogP contribution in [0.4, 0.5) is 5.69 Å². The van der Waals surface area contributed by atoms with Crippen LogP contribution in [0.3, 0.4) is 0 Å². The van der Waals surface area contributed by atoms with E-state index in [1.54, 1.807) is 0 Å². The number of hydrogen-bond acceptors (Lipinski definition) is 3. The van der Waals surface area contributed by atoms with Gasteiger partial charge in [0.25, 0.3) is 0 Å². The maximum Gasteiger partial charge on any atom is 0.303 e. The van der Waals surface area contributed by atoms with E-state index in [0.29, 0.717) is 12.3 Å². The molecule has 1 atom stereocenters.